The summed E-state index contributed by atoms with van der Waals surface area (Å²) in [6.45, 7) is 1.17. The van der Waals surface area contributed by atoms with Crippen molar-refractivity contribution in [2.24, 2.45) is 0 Å². The van der Waals surface area contributed by atoms with Gasteiger partial charge in [-0.2, -0.15) is 5.26 Å². The fourth-order valence-electron chi connectivity index (χ4n) is 4.49. The highest BCUT2D eigenvalue weighted by atomic mass is 32.2. The summed E-state index contributed by atoms with van der Waals surface area (Å²) >= 11 is 0. The maximum atomic E-state index is 15.1. The van der Waals surface area contributed by atoms with E-state index in [1.54, 1.807) is 12.1 Å². The van der Waals surface area contributed by atoms with Crippen molar-refractivity contribution in [3.63, 3.8) is 0 Å². The van der Waals surface area contributed by atoms with Crippen LogP contribution in [0.15, 0.2) is 59.8 Å². The van der Waals surface area contributed by atoms with Gasteiger partial charge in [-0.1, -0.05) is 17.7 Å². The van der Waals surface area contributed by atoms with Crippen molar-refractivity contribution < 1.29 is 35.9 Å². The van der Waals surface area contributed by atoms with E-state index in [-0.39, 0.29) is 60.0 Å². The topological polar surface area (TPSA) is 135 Å². The zero-order valence-electron chi connectivity index (χ0n) is 22.9. The first-order valence-corrected chi connectivity index (χ1v) is 14.6. The summed E-state index contributed by atoms with van der Waals surface area (Å²) in [6.07, 6.45) is 3.46. The first-order valence-electron chi connectivity index (χ1n) is 13.2. The lowest BCUT2D eigenvalue weighted by Gasteiger charge is -2.33. The number of urea groups is 1. The van der Waals surface area contributed by atoms with Crippen LogP contribution in [0, 0.1) is 29.9 Å². The predicted molar refractivity (Wildman–Crippen MR) is 150 cm³/mol. The number of ether oxygens (including phenoxy) is 2. The third kappa shape index (κ3) is 6.27. The van der Waals surface area contributed by atoms with Crippen LogP contribution < -0.4 is 15.4 Å². The quantitative estimate of drug-likeness (QED) is 0.230. The molecule has 3 heterocycles. The van der Waals surface area contributed by atoms with Crippen molar-refractivity contribution in [1.82, 2.24) is 14.3 Å². The highest BCUT2D eigenvalue weighted by Gasteiger charge is 2.39. The number of fused-ring (bicyclic) bond motifs is 1. The molecule has 0 saturated carbocycles. The summed E-state index contributed by atoms with van der Waals surface area (Å²) < 4.78 is 82.8. The van der Waals surface area contributed by atoms with E-state index in [9.17, 15) is 17.6 Å². The molecule has 4 aromatic rings. The number of anilines is 1. The van der Waals surface area contributed by atoms with E-state index in [1.165, 1.54) is 30.6 Å². The van der Waals surface area contributed by atoms with Gasteiger partial charge in [0, 0.05) is 36.6 Å². The molecule has 1 fully saturated rings. The van der Waals surface area contributed by atoms with Gasteiger partial charge in [0.15, 0.2) is 28.7 Å². The van der Waals surface area contributed by atoms with Crippen molar-refractivity contribution in [2.75, 3.05) is 25.1 Å². The van der Waals surface area contributed by atoms with Crippen LogP contribution in [0.5, 0.6) is 11.5 Å². The first-order chi connectivity index (χ1) is 20.5. The molecule has 0 bridgehead atoms. The molecule has 2 aromatic carbocycles. The molecule has 1 aliphatic rings. The van der Waals surface area contributed by atoms with Crippen molar-refractivity contribution in [1.29, 1.82) is 5.26 Å². The van der Waals surface area contributed by atoms with E-state index in [2.05, 4.69) is 15.6 Å². The van der Waals surface area contributed by atoms with Crippen LogP contribution in [0.2, 0.25) is 0 Å². The fourth-order valence-corrected chi connectivity index (χ4v) is 5.83. The summed E-state index contributed by atoms with van der Waals surface area (Å²) in [4.78, 5) is 16.4. The van der Waals surface area contributed by atoms with Crippen molar-refractivity contribution in [3.05, 3.63) is 77.6 Å². The molecule has 0 atom stereocenters. The summed E-state index contributed by atoms with van der Waals surface area (Å²) in [5.74, 6) is -3.19. The molecule has 1 saturated heterocycles. The third-order valence-electron chi connectivity index (χ3n) is 6.76. The van der Waals surface area contributed by atoms with E-state index in [1.807, 2.05) is 13.0 Å². The van der Waals surface area contributed by atoms with E-state index in [4.69, 9.17) is 14.7 Å². The Balaban J connectivity index is 1.47. The van der Waals surface area contributed by atoms with E-state index in [0.717, 1.165) is 21.7 Å². The van der Waals surface area contributed by atoms with Crippen LogP contribution in [0.25, 0.3) is 11.0 Å². The number of aromatic nitrogens is 2. The smallest absolute Gasteiger partial charge is 0.319 e. The second kappa shape index (κ2) is 11.9. The Morgan fingerprint density at radius 1 is 1.19 bits per heavy atom. The summed E-state index contributed by atoms with van der Waals surface area (Å²) in [5, 5.41) is 13.7. The third-order valence-corrected chi connectivity index (χ3v) is 8.43. The van der Waals surface area contributed by atoms with Gasteiger partial charge in [-0.3, -0.25) is 0 Å². The average Bonchev–Trinajstić information content (AvgIpc) is 3.33. The first kappa shape index (κ1) is 29.9. The van der Waals surface area contributed by atoms with Gasteiger partial charge >= 0.3 is 6.03 Å². The number of halogens is 3. The number of nitriles is 1. The van der Waals surface area contributed by atoms with E-state index in [0.29, 0.717) is 12.0 Å². The van der Waals surface area contributed by atoms with Gasteiger partial charge in [-0.15, -0.1) is 0 Å². The van der Waals surface area contributed by atoms with Gasteiger partial charge < -0.3 is 20.1 Å². The zero-order chi connectivity index (χ0) is 30.8. The zero-order valence-corrected chi connectivity index (χ0v) is 23.7. The number of hydrogen-bond acceptors (Lipinski definition) is 7. The largest absolute Gasteiger partial charge is 0.450 e. The van der Waals surface area contributed by atoms with Gasteiger partial charge in [-0.05, 0) is 43.5 Å². The molecule has 2 aromatic heterocycles. The number of hydrogen-bond donors (Lipinski definition) is 2. The van der Waals surface area contributed by atoms with Gasteiger partial charge in [0.25, 0.3) is 10.0 Å². The monoisotopic (exact) mass is 613 g/mol. The molecule has 1 aliphatic heterocycles. The molecular formula is C29H26F3N5O5S. The normalized spacial score (nSPS) is 14.1. The summed E-state index contributed by atoms with van der Waals surface area (Å²) in [5.41, 5.74) is -0.645. The Hall–Kier alpha value is -4.61. The number of nitrogens with one attached hydrogen (secondary N) is 2. The Kier molecular flexibility index (Phi) is 8.30. The molecule has 10 nitrogen and oxygen atoms in total. The number of alkyl halides is 1. The van der Waals surface area contributed by atoms with Crippen LogP contribution >= 0.6 is 0 Å². The number of pyridine rings is 1. The van der Waals surface area contributed by atoms with E-state index >= 15 is 8.78 Å². The predicted octanol–water partition coefficient (Wildman–Crippen LogP) is 5.36. The SMILES string of the molecule is Cc1ccc(S(=O)(=O)n2cc(CCCC#N)c3c(Oc4c(F)cc(NC(=O)NCC5(F)COC5)cc4F)ccnc32)cc1. The van der Waals surface area contributed by atoms with Gasteiger partial charge in [-0.25, -0.2) is 35.3 Å². The molecule has 2 N–H and O–H groups in total. The number of unbranched alkanes of at least 4 members (excludes halogenated alkanes) is 1. The standard InChI is InChI=1S/C29H26F3N5O5S/c1-18-5-7-21(8-6-18)43(39,40)37-14-19(4-2-3-10-33)25-24(9-11-34-27(25)37)42-26-22(30)12-20(13-23(26)31)36-28(38)35-15-29(32)16-41-17-29/h5-9,11-14H,2-4,15-17H2,1H3,(H2,35,36,38). The Labute approximate surface area is 245 Å². The minimum Gasteiger partial charge on any atom is -0.450 e. The van der Waals surface area contributed by atoms with Crippen molar-refractivity contribution in [2.45, 2.75) is 36.8 Å². The second-order valence-corrected chi connectivity index (χ2v) is 11.9. The molecular weight excluding hydrogens is 587 g/mol. The van der Waals surface area contributed by atoms with E-state index < -0.39 is 39.1 Å². The second-order valence-electron chi connectivity index (χ2n) is 10.1. The van der Waals surface area contributed by atoms with Crippen LogP contribution in [-0.4, -0.2) is 48.8 Å². The number of benzene rings is 2. The Bertz CT molecular complexity index is 1810. The van der Waals surface area contributed by atoms with Crippen LogP contribution in [0.1, 0.15) is 24.0 Å². The van der Waals surface area contributed by atoms with Crippen molar-refractivity contribution in [3.8, 4) is 17.6 Å². The number of rotatable bonds is 10. The number of amides is 2. The lowest BCUT2D eigenvalue weighted by molar-refractivity contribution is -0.125. The summed E-state index contributed by atoms with van der Waals surface area (Å²) in [7, 11) is -4.12. The lowest BCUT2D eigenvalue weighted by atomic mass is 10.1. The average molecular weight is 614 g/mol. The highest BCUT2D eigenvalue weighted by Crippen LogP contribution is 2.37. The molecule has 5 rings (SSSR count). The molecule has 0 unspecified atom stereocenters. The molecule has 2 amide bonds. The summed E-state index contributed by atoms with van der Waals surface area (Å²) in [6, 6.07) is 10.4. The molecule has 0 spiro atoms. The number of aryl methyl sites for hydroxylation is 2. The number of carbonyl (C=O) groups excluding carboxylic acids is 1. The molecule has 0 radical (unpaired) electrons. The lowest BCUT2D eigenvalue weighted by Crippen LogP contribution is -2.54. The Morgan fingerprint density at radius 2 is 1.88 bits per heavy atom. The minimum atomic E-state index is -4.12. The fraction of sp³-hybridized carbons (Fsp3) is 0.276. The number of carbonyl (C=O) groups is 1. The van der Waals surface area contributed by atoms with Gasteiger partial charge in [0.2, 0.25) is 0 Å². The van der Waals surface area contributed by atoms with Gasteiger partial charge in [0.05, 0.1) is 36.1 Å². The molecule has 14 heteroatoms. The minimum absolute atomic E-state index is 0.0126. The highest BCUT2D eigenvalue weighted by molar-refractivity contribution is 7.90. The molecule has 43 heavy (non-hydrogen) atoms. The maximum Gasteiger partial charge on any atom is 0.319 e. The maximum absolute atomic E-state index is 15.1. The van der Waals surface area contributed by atoms with Crippen molar-refractivity contribution >= 4 is 32.8 Å². The van der Waals surface area contributed by atoms with Crippen LogP contribution in [-0.2, 0) is 21.2 Å². The number of nitrogens with zero attached hydrogens (tertiary/aromatic N) is 3. The van der Waals surface area contributed by atoms with Gasteiger partial charge in [0.1, 0.15) is 5.75 Å². The molecule has 224 valence electrons. The van der Waals surface area contributed by atoms with Crippen LogP contribution in [0.4, 0.5) is 23.7 Å². The Morgan fingerprint density at radius 3 is 2.51 bits per heavy atom. The van der Waals surface area contributed by atoms with Crippen LogP contribution in [0.3, 0.4) is 0 Å². The molecule has 0 aliphatic carbocycles.